The van der Waals surface area contributed by atoms with Gasteiger partial charge in [-0.3, -0.25) is 4.79 Å². The van der Waals surface area contributed by atoms with E-state index in [2.05, 4.69) is 0 Å². The van der Waals surface area contributed by atoms with Crippen molar-refractivity contribution in [3.63, 3.8) is 0 Å². The number of ether oxygens (including phenoxy) is 1. The average Bonchev–Trinajstić information content (AvgIpc) is 2.10. The summed E-state index contributed by atoms with van der Waals surface area (Å²) in [5.74, 6) is -0.990. The Hall–Kier alpha value is -0.650. The predicted molar refractivity (Wildman–Crippen MR) is 33.8 cm³/mol. The van der Waals surface area contributed by atoms with E-state index in [1.54, 1.807) is 0 Å². The minimum atomic E-state index is -1.22. The number of aliphatic hydroxyl groups is 2. The minimum Gasteiger partial charge on any atom is -0.481 e. The maximum atomic E-state index is 10.1. The van der Waals surface area contributed by atoms with Gasteiger partial charge >= 0.3 is 5.97 Å². The Balaban J connectivity index is 2.35. The van der Waals surface area contributed by atoms with Crippen molar-refractivity contribution in [3.8, 4) is 0 Å². The molecule has 3 unspecified atom stereocenters. The largest absolute Gasteiger partial charge is 0.481 e. The molecule has 0 saturated carbocycles. The van der Waals surface area contributed by atoms with Crippen molar-refractivity contribution in [1.29, 1.82) is 0 Å². The first-order chi connectivity index (χ1) is 5.09. The first-order valence-corrected chi connectivity index (χ1v) is 3.33. The van der Waals surface area contributed by atoms with Gasteiger partial charge in [-0.2, -0.15) is 0 Å². The quantitative estimate of drug-likeness (QED) is 0.481. The molecule has 1 aliphatic heterocycles. The first-order valence-electron chi connectivity index (χ1n) is 3.33. The fourth-order valence-electron chi connectivity index (χ4n) is 1.06. The molecular weight excluding hydrogens is 152 g/mol. The highest BCUT2D eigenvalue weighted by molar-refractivity contribution is 5.67. The van der Waals surface area contributed by atoms with Crippen LogP contribution < -0.4 is 0 Å². The van der Waals surface area contributed by atoms with Crippen LogP contribution in [0.25, 0.3) is 0 Å². The highest BCUT2D eigenvalue weighted by atomic mass is 16.6. The third-order valence-electron chi connectivity index (χ3n) is 1.57. The molecule has 3 atom stereocenters. The molecule has 64 valence electrons. The SMILES string of the molecule is O=C(O)CC1CC(O)C(O)O1. The lowest BCUT2D eigenvalue weighted by Crippen LogP contribution is -2.19. The van der Waals surface area contributed by atoms with Crippen LogP contribution in [0.5, 0.6) is 0 Å². The lowest BCUT2D eigenvalue weighted by atomic mass is 10.1. The van der Waals surface area contributed by atoms with Gasteiger partial charge in [0.1, 0.15) is 6.10 Å². The summed E-state index contributed by atoms with van der Waals surface area (Å²) in [5.41, 5.74) is 0. The van der Waals surface area contributed by atoms with E-state index >= 15 is 0 Å². The van der Waals surface area contributed by atoms with E-state index in [0.29, 0.717) is 0 Å². The summed E-state index contributed by atoms with van der Waals surface area (Å²) >= 11 is 0. The minimum absolute atomic E-state index is 0.172. The van der Waals surface area contributed by atoms with Crippen molar-refractivity contribution in [2.24, 2.45) is 0 Å². The Morgan fingerprint density at radius 2 is 2.18 bits per heavy atom. The van der Waals surface area contributed by atoms with Crippen LogP contribution in [-0.2, 0) is 9.53 Å². The highest BCUT2D eigenvalue weighted by Crippen LogP contribution is 2.20. The molecule has 0 amide bonds. The molecule has 1 heterocycles. The molecule has 0 spiro atoms. The zero-order valence-corrected chi connectivity index (χ0v) is 5.80. The second kappa shape index (κ2) is 3.17. The van der Waals surface area contributed by atoms with E-state index in [4.69, 9.17) is 20.1 Å². The average molecular weight is 162 g/mol. The second-order valence-electron chi connectivity index (χ2n) is 2.55. The van der Waals surface area contributed by atoms with Gasteiger partial charge in [-0.15, -0.1) is 0 Å². The van der Waals surface area contributed by atoms with Gasteiger partial charge in [-0.1, -0.05) is 0 Å². The summed E-state index contributed by atoms with van der Waals surface area (Å²) in [6.07, 6.45) is -2.71. The van der Waals surface area contributed by atoms with E-state index in [0.717, 1.165) is 0 Å². The van der Waals surface area contributed by atoms with Crippen molar-refractivity contribution < 1.29 is 24.9 Å². The summed E-state index contributed by atoms with van der Waals surface area (Å²) in [4.78, 5) is 10.1. The van der Waals surface area contributed by atoms with Crippen molar-refractivity contribution >= 4 is 5.97 Å². The number of hydrogen-bond acceptors (Lipinski definition) is 4. The summed E-state index contributed by atoms with van der Waals surface area (Å²) in [6.45, 7) is 0. The molecule has 1 fully saturated rings. The predicted octanol–water partition coefficient (Wildman–Crippen LogP) is -1.07. The fourth-order valence-corrected chi connectivity index (χ4v) is 1.06. The monoisotopic (exact) mass is 162 g/mol. The number of carbonyl (C=O) groups is 1. The van der Waals surface area contributed by atoms with Crippen LogP contribution in [0, 0.1) is 0 Å². The first kappa shape index (κ1) is 8.45. The number of aliphatic carboxylic acids is 1. The third-order valence-corrected chi connectivity index (χ3v) is 1.57. The number of aliphatic hydroxyl groups excluding tert-OH is 2. The molecule has 3 N–H and O–H groups in total. The van der Waals surface area contributed by atoms with Gasteiger partial charge in [-0.05, 0) is 0 Å². The molecule has 0 aromatic heterocycles. The molecule has 1 saturated heterocycles. The van der Waals surface area contributed by atoms with Crippen LogP contribution >= 0.6 is 0 Å². The molecule has 5 heteroatoms. The maximum absolute atomic E-state index is 10.1. The summed E-state index contributed by atoms with van der Waals surface area (Å²) in [6, 6.07) is 0. The Morgan fingerprint density at radius 3 is 2.55 bits per heavy atom. The smallest absolute Gasteiger partial charge is 0.305 e. The van der Waals surface area contributed by atoms with Gasteiger partial charge in [0.05, 0.1) is 12.5 Å². The van der Waals surface area contributed by atoms with Gasteiger partial charge in [-0.25, -0.2) is 0 Å². The van der Waals surface area contributed by atoms with Gasteiger partial charge in [0.2, 0.25) is 0 Å². The molecule has 1 aliphatic rings. The molecule has 11 heavy (non-hydrogen) atoms. The Labute approximate surface area is 63.2 Å². The van der Waals surface area contributed by atoms with Crippen LogP contribution in [0.1, 0.15) is 12.8 Å². The molecule has 0 radical (unpaired) electrons. The second-order valence-corrected chi connectivity index (χ2v) is 2.55. The van der Waals surface area contributed by atoms with Crippen molar-refractivity contribution in [1.82, 2.24) is 0 Å². The lowest BCUT2D eigenvalue weighted by molar-refractivity contribution is -0.147. The van der Waals surface area contributed by atoms with E-state index in [-0.39, 0.29) is 12.8 Å². The number of carboxylic acids is 1. The summed E-state index contributed by atoms with van der Waals surface area (Å²) < 4.78 is 4.71. The van der Waals surface area contributed by atoms with E-state index in [1.165, 1.54) is 0 Å². The summed E-state index contributed by atoms with van der Waals surface area (Å²) in [7, 11) is 0. The topological polar surface area (TPSA) is 87.0 Å². The number of hydrogen-bond donors (Lipinski definition) is 3. The van der Waals surface area contributed by atoms with Crippen LogP contribution in [0.15, 0.2) is 0 Å². The van der Waals surface area contributed by atoms with Crippen molar-refractivity contribution in [2.45, 2.75) is 31.3 Å². The molecule has 5 nitrogen and oxygen atoms in total. The maximum Gasteiger partial charge on any atom is 0.305 e. The van der Waals surface area contributed by atoms with Gasteiger partial charge in [0.15, 0.2) is 6.29 Å². The number of carboxylic acid groups (broad SMARTS) is 1. The molecule has 0 bridgehead atoms. The van der Waals surface area contributed by atoms with Crippen molar-refractivity contribution in [2.75, 3.05) is 0 Å². The highest BCUT2D eigenvalue weighted by Gasteiger charge is 2.33. The van der Waals surface area contributed by atoms with Crippen LogP contribution in [0.2, 0.25) is 0 Å². The lowest BCUT2D eigenvalue weighted by Gasteiger charge is -2.05. The fraction of sp³-hybridized carbons (Fsp3) is 0.833. The van der Waals surface area contributed by atoms with E-state index < -0.39 is 24.5 Å². The normalized spacial score (nSPS) is 37.5. The van der Waals surface area contributed by atoms with Gasteiger partial charge < -0.3 is 20.1 Å². The van der Waals surface area contributed by atoms with E-state index in [1.807, 2.05) is 0 Å². The Morgan fingerprint density at radius 1 is 1.55 bits per heavy atom. The van der Waals surface area contributed by atoms with Gasteiger partial charge in [0.25, 0.3) is 0 Å². The zero-order valence-electron chi connectivity index (χ0n) is 5.80. The van der Waals surface area contributed by atoms with Crippen LogP contribution in [0.4, 0.5) is 0 Å². The Bertz CT molecular complexity index is 147. The number of rotatable bonds is 2. The molecular formula is C6H10O5. The molecule has 0 aromatic rings. The Kier molecular flexibility index (Phi) is 2.43. The molecule has 0 aliphatic carbocycles. The van der Waals surface area contributed by atoms with Crippen LogP contribution in [-0.4, -0.2) is 39.8 Å². The summed E-state index contributed by atoms with van der Waals surface area (Å²) in [5, 5.41) is 26.0. The standard InChI is InChI=1S/C6H10O5/c7-4-1-3(2-5(8)9)11-6(4)10/h3-4,6-7,10H,1-2H2,(H,8,9). The molecule has 0 aromatic carbocycles. The molecule has 1 rings (SSSR count). The third kappa shape index (κ3) is 2.14. The van der Waals surface area contributed by atoms with Gasteiger partial charge in [0, 0.05) is 6.42 Å². The zero-order chi connectivity index (χ0) is 8.43. The van der Waals surface area contributed by atoms with E-state index in [9.17, 15) is 4.79 Å². The van der Waals surface area contributed by atoms with Crippen molar-refractivity contribution in [3.05, 3.63) is 0 Å². The van der Waals surface area contributed by atoms with Crippen LogP contribution in [0.3, 0.4) is 0 Å².